The van der Waals surface area contributed by atoms with Crippen molar-refractivity contribution in [1.29, 1.82) is 0 Å². The molecule has 0 aromatic rings. The number of esters is 1. The molecule has 3 fully saturated rings. The van der Waals surface area contributed by atoms with Crippen molar-refractivity contribution in [2.45, 2.75) is 69.9 Å². The molecule has 0 spiro atoms. The van der Waals surface area contributed by atoms with Gasteiger partial charge in [0.05, 0.1) is 5.92 Å². The van der Waals surface area contributed by atoms with E-state index >= 15 is 0 Å². The van der Waals surface area contributed by atoms with E-state index in [0.717, 1.165) is 38.5 Å². The molecular weight excluding hydrogens is 242 g/mol. The quantitative estimate of drug-likeness (QED) is 0.735. The third-order valence-corrected chi connectivity index (χ3v) is 4.84. The minimum atomic E-state index is -0.214. The summed E-state index contributed by atoms with van der Waals surface area (Å²) >= 11 is 0. The molecule has 1 unspecified atom stereocenters. The molecule has 4 nitrogen and oxygen atoms in total. The van der Waals surface area contributed by atoms with Gasteiger partial charge >= 0.3 is 5.97 Å². The number of nitrogens with zero attached hydrogens (tertiary/aromatic N) is 1. The maximum atomic E-state index is 12.1. The standard InChI is InChI=1S/C15H23NO3/c17-14-9-11(10-16(14)12-5-1-2-6-12)15(18)19-13-7-3-4-8-13/h11-13H,1-10H2. The molecule has 1 aliphatic heterocycles. The van der Waals surface area contributed by atoms with Gasteiger partial charge in [-0.15, -0.1) is 0 Å². The predicted octanol–water partition coefficient (Wildman–Crippen LogP) is 2.26. The number of hydrogen-bond acceptors (Lipinski definition) is 3. The Morgan fingerprint density at radius 2 is 1.68 bits per heavy atom. The van der Waals surface area contributed by atoms with E-state index in [-0.39, 0.29) is 23.9 Å². The highest BCUT2D eigenvalue weighted by Crippen LogP contribution is 2.31. The lowest BCUT2D eigenvalue weighted by molar-refractivity contribution is -0.153. The highest BCUT2D eigenvalue weighted by atomic mass is 16.5. The lowest BCUT2D eigenvalue weighted by Crippen LogP contribution is -2.35. The third kappa shape index (κ3) is 2.77. The van der Waals surface area contributed by atoms with Gasteiger partial charge in [0.1, 0.15) is 6.10 Å². The van der Waals surface area contributed by atoms with E-state index in [1.165, 1.54) is 12.8 Å². The number of carbonyl (C=O) groups excluding carboxylic acids is 2. The first-order chi connectivity index (χ1) is 9.24. The summed E-state index contributed by atoms with van der Waals surface area (Å²) in [5, 5.41) is 0. The van der Waals surface area contributed by atoms with Gasteiger partial charge in [0.25, 0.3) is 0 Å². The summed E-state index contributed by atoms with van der Waals surface area (Å²) in [5.41, 5.74) is 0. The van der Waals surface area contributed by atoms with Crippen LogP contribution >= 0.6 is 0 Å². The molecule has 0 radical (unpaired) electrons. The largest absolute Gasteiger partial charge is 0.462 e. The van der Waals surface area contributed by atoms with Gasteiger partial charge in [-0.05, 0) is 38.5 Å². The van der Waals surface area contributed by atoms with Crippen LogP contribution in [0.25, 0.3) is 0 Å². The van der Waals surface area contributed by atoms with E-state index in [4.69, 9.17) is 4.74 Å². The molecule has 0 N–H and O–H groups in total. The number of likely N-dealkylation sites (tertiary alicyclic amines) is 1. The Hall–Kier alpha value is -1.06. The Kier molecular flexibility index (Phi) is 3.76. The van der Waals surface area contributed by atoms with Crippen molar-refractivity contribution in [3.8, 4) is 0 Å². The Bertz CT molecular complexity index is 356. The maximum Gasteiger partial charge on any atom is 0.311 e. The second kappa shape index (κ2) is 5.51. The lowest BCUT2D eigenvalue weighted by atomic mass is 10.1. The molecule has 19 heavy (non-hydrogen) atoms. The maximum absolute atomic E-state index is 12.1. The molecule has 1 heterocycles. The van der Waals surface area contributed by atoms with Crippen LogP contribution < -0.4 is 0 Å². The van der Waals surface area contributed by atoms with Crippen molar-refractivity contribution in [2.24, 2.45) is 5.92 Å². The van der Waals surface area contributed by atoms with Crippen molar-refractivity contribution in [3.05, 3.63) is 0 Å². The summed E-state index contributed by atoms with van der Waals surface area (Å²) in [6.45, 7) is 0.592. The molecule has 0 aromatic carbocycles. The average molecular weight is 265 g/mol. The van der Waals surface area contributed by atoms with E-state index in [9.17, 15) is 9.59 Å². The first kappa shape index (κ1) is 12.9. The van der Waals surface area contributed by atoms with Gasteiger partial charge in [0, 0.05) is 19.0 Å². The first-order valence-corrected chi connectivity index (χ1v) is 7.74. The van der Waals surface area contributed by atoms with Crippen molar-refractivity contribution in [3.63, 3.8) is 0 Å². The monoisotopic (exact) mass is 265 g/mol. The SMILES string of the molecule is O=C(OC1CCCC1)C1CC(=O)N(C2CCCC2)C1. The average Bonchev–Trinajstić information content (AvgIpc) is 3.07. The normalized spacial score (nSPS) is 29.4. The molecule has 3 rings (SSSR count). The number of carbonyl (C=O) groups is 2. The third-order valence-electron chi connectivity index (χ3n) is 4.84. The highest BCUT2D eigenvalue weighted by Gasteiger charge is 2.40. The number of rotatable bonds is 3. The van der Waals surface area contributed by atoms with E-state index in [0.29, 0.717) is 19.0 Å². The van der Waals surface area contributed by atoms with Crippen LogP contribution in [0.1, 0.15) is 57.8 Å². The fraction of sp³-hybridized carbons (Fsp3) is 0.867. The summed E-state index contributed by atoms with van der Waals surface area (Å²) in [5.74, 6) is -0.199. The van der Waals surface area contributed by atoms with E-state index in [1.807, 2.05) is 4.90 Å². The fourth-order valence-electron chi connectivity index (χ4n) is 3.73. The van der Waals surface area contributed by atoms with E-state index < -0.39 is 0 Å². The summed E-state index contributed by atoms with van der Waals surface area (Å²) in [6.07, 6.45) is 9.44. The van der Waals surface area contributed by atoms with Crippen LogP contribution in [-0.4, -0.2) is 35.5 Å². The summed E-state index contributed by atoms with van der Waals surface area (Å²) in [4.78, 5) is 26.1. The van der Waals surface area contributed by atoms with Gasteiger partial charge in [-0.3, -0.25) is 9.59 Å². The van der Waals surface area contributed by atoms with Gasteiger partial charge < -0.3 is 9.64 Å². The zero-order valence-electron chi connectivity index (χ0n) is 11.5. The Balaban J connectivity index is 1.54. The van der Waals surface area contributed by atoms with Crippen LogP contribution in [0.3, 0.4) is 0 Å². The van der Waals surface area contributed by atoms with Crippen LogP contribution in [0.5, 0.6) is 0 Å². The van der Waals surface area contributed by atoms with Crippen molar-refractivity contribution in [2.75, 3.05) is 6.54 Å². The Morgan fingerprint density at radius 1 is 1.05 bits per heavy atom. The summed E-state index contributed by atoms with van der Waals surface area (Å²) in [7, 11) is 0. The molecule has 3 aliphatic rings. The van der Waals surface area contributed by atoms with E-state index in [2.05, 4.69) is 0 Å². The summed E-state index contributed by atoms with van der Waals surface area (Å²) in [6, 6.07) is 0.386. The topological polar surface area (TPSA) is 46.6 Å². The Labute approximate surface area is 114 Å². The number of hydrogen-bond donors (Lipinski definition) is 0. The molecular formula is C15H23NO3. The van der Waals surface area contributed by atoms with Gasteiger partial charge in [0.2, 0.25) is 5.91 Å². The zero-order chi connectivity index (χ0) is 13.2. The number of ether oxygens (including phenoxy) is 1. The minimum Gasteiger partial charge on any atom is -0.462 e. The molecule has 2 saturated carbocycles. The second-order valence-electron chi connectivity index (χ2n) is 6.23. The molecule has 0 aromatic heterocycles. The van der Waals surface area contributed by atoms with Crippen LogP contribution in [0, 0.1) is 5.92 Å². The van der Waals surface area contributed by atoms with Crippen LogP contribution in [-0.2, 0) is 14.3 Å². The van der Waals surface area contributed by atoms with Crippen LogP contribution in [0.15, 0.2) is 0 Å². The predicted molar refractivity (Wildman–Crippen MR) is 70.4 cm³/mol. The minimum absolute atomic E-state index is 0.114. The molecule has 2 aliphatic carbocycles. The summed E-state index contributed by atoms with van der Waals surface area (Å²) < 4.78 is 5.54. The molecule has 1 amide bonds. The molecule has 0 bridgehead atoms. The fourth-order valence-corrected chi connectivity index (χ4v) is 3.73. The highest BCUT2D eigenvalue weighted by molar-refractivity contribution is 5.87. The Morgan fingerprint density at radius 3 is 2.37 bits per heavy atom. The molecule has 1 atom stereocenters. The molecule has 106 valence electrons. The van der Waals surface area contributed by atoms with Crippen molar-refractivity contribution in [1.82, 2.24) is 4.90 Å². The van der Waals surface area contributed by atoms with E-state index in [1.54, 1.807) is 0 Å². The van der Waals surface area contributed by atoms with Gasteiger partial charge in [-0.1, -0.05) is 12.8 Å². The van der Waals surface area contributed by atoms with Crippen LogP contribution in [0.2, 0.25) is 0 Å². The van der Waals surface area contributed by atoms with Crippen molar-refractivity contribution < 1.29 is 14.3 Å². The second-order valence-corrected chi connectivity index (χ2v) is 6.23. The van der Waals surface area contributed by atoms with Gasteiger partial charge in [0.15, 0.2) is 0 Å². The van der Waals surface area contributed by atoms with Gasteiger partial charge in [-0.2, -0.15) is 0 Å². The zero-order valence-corrected chi connectivity index (χ0v) is 11.5. The molecule has 1 saturated heterocycles. The van der Waals surface area contributed by atoms with Crippen molar-refractivity contribution >= 4 is 11.9 Å². The molecule has 4 heteroatoms. The van der Waals surface area contributed by atoms with Crippen LogP contribution in [0.4, 0.5) is 0 Å². The lowest BCUT2D eigenvalue weighted by Gasteiger charge is -2.24. The first-order valence-electron chi connectivity index (χ1n) is 7.74. The smallest absolute Gasteiger partial charge is 0.311 e. The number of amides is 1. The van der Waals surface area contributed by atoms with Gasteiger partial charge in [-0.25, -0.2) is 0 Å².